The van der Waals surface area contributed by atoms with Gasteiger partial charge in [0, 0.05) is 16.5 Å². The highest BCUT2D eigenvalue weighted by Crippen LogP contribution is 2.32. The first-order valence-electron chi connectivity index (χ1n) is 6.01. The Balaban J connectivity index is 2.00. The Morgan fingerprint density at radius 3 is 2.47 bits per heavy atom. The summed E-state index contributed by atoms with van der Waals surface area (Å²) in [6, 6.07) is 16.2. The minimum Gasteiger partial charge on any atom is -0.236 e. The van der Waals surface area contributed by atoms with Gasteiger partial charge in [0.2, 0.25) is 0 Å². The Labute approximate surface area is 121 Å². The maximum Gasteiger partial charge on any atom is 0.125 e. The molecule has 0 aliphatic heterocycles. The number of benzene rings is 2. The van der Waals surface area contributed by atoms with E-state index >= 15 is 0 Å². The molecule has 0 radical (unpaired) electrons. The molecule has 0 atom stereocenters. The van der Waals surface area contributed by atoms with Crippen molar-refractivity contribution >= 4 is 22.9 Å². The Morgan fingerprint density at radius 2 is 1.74 bits per heavy atom. The van der Waals surface area contributed by atoms with Crippen molar-refractivity contribution in [2.45, 2.75) is 6.92 Å². The molecule has 1 nitrogen and oxygen atoms in total. The molecule has 19 heavy (non-hydrogen) atoms. The zero-order valence-electron chi connectivity index (χ0n) is 10.4. The summed E-state index contributed by atoms with van der Waals surface area (Å²) in [4.78, 5) is 4.68. The third kappa shape index (κ3) is 2.55. The lowest BCUT2D eigenvalue weighted by Gasteiger charge is -1.99. The van der Waals surface area contributed by atoms with E-state index in [2.05, 4.69) is 41.6 Å². The van der Waals surface area contributed by atoms with Crippen molar-refractivity contribution in [2.24, 2.45) is 0 Å². The van der Waals surface area contributed by atoms with Crippen molar-refractivity contribution in [3.05, 3.63) is 64.5 Å². The minimum atomic E-state index is 0.743. The van der Waals surface area contributed by atoms with Crippen LogP contribution >= 0.6 is 22.9 Å². The second kappa shape index (κ2) is 5.16. The maximum absolute atomic E-state index is 6.20. The van der Waals surface area contributed by atoms with E-state index in [1.54, 1.807) is 11.3 Å². The molecule has 0 saturated heterocycles. The first-order valence-corrected chi connectivity index (χ1v) is 7.27. The summed E-state index contributed by atoms with van der Waals surface area (Å²) >= 11 is 7.82. The minimum absolute atomic E-state index is 0.743. The van der Waals surface area contributed by atoms with Crippen LogP contribution in [0, 0.1) is 6.92 Å². The second-order valence-corrected chi connectivity index (χ2v) is 5.65. The van der Waals surface area contributed by atoms with Gasteiger partial charge in [-0.1, -0.05) is 59.6 Å². The van der Waals surface area contributed by atoms with Crippen molar-refractivity contribution < 1.29 is 0 Å². The normalized spacial score (nSPS) is 10.6. The molecule has 0 aliphatic rings. The van der Waals surface area contributed by atoms with Crippen LogP contribution in [-0.2, 0) is 0 Å². The third-order valence-electron chi connectivity index (χ3n) is 2.96. The van der Waals surface area contributed by atoms with Gasteiger partial charge in [0.1, 0.15) is 5.01 Å². The Morgan fingerprint density at radius 1 is 1.00 bits per heavy atom. The Bertz CT molecular complexity index is 701. The van der Waals surface area contributed by atoms with Gasteiger partial charge in [-0.2, -0.15) is 0 Å². The van der Waals surface area contributed by atoms with E-state index in [1.165, 1.54) is 5.56 Å². The van der Waals surface area contributed by atoms with Crippen LogP contribution in [0.1, 0.15) is 5.56 Å². The molecule has 0 spiro atoms. The fourth-order valence-corrected chi connectivity index (χ4v) is 3.04. The molecule has 0 fully saturated rings. The second-order valence-electron chi connectivity index (χ2n) is 4.38. The number of aromatic nitrogens is 1. The molecule has 1 aromatic heterocycles. The number of thiazole rings is 1. The summed E-state index contributed by atoms with van der Waals surface area (Å²) in [7, 11) is 0. The molecule has 3 heteroatoms. The van der Waals surface area contributed by atoms with E-state index in [4.69, 9.17) is 11.6 Å². The molecule has 2 aromatic carbocycles. The standard InChI is InChI=1S/C16H12ClNS/c1-11-6-8-12(9-7-11)15-10-19-16(18-15)13-4-2-3-5-14(13)17/h2-10H,1H3. The van der Waals surface area contributed by atoms with E-state index in [1.807, 2.05) is 24.3 Å². The monoisotopic (exact) mass is 285 g/mol. The average molecular weight is 286 g/mol. The summed E-state index contributed by atoms with van der Waals surface area (Å²) in [6.07, 6.45) is 0. The van der Waals surface area contributed by atoms with E-state index in [-0.39, 0.29) is 0 Å². The molecule has 1 heterocycles. The Hall–Kier alpha value is -1.64. The Kier molecular flexibility index (Phi) is 3.36. The van der Waals surface area contributed by atoms with Crippen LogP contribution < -0.4 is 0 Å². The predicted molar refractivity (Wildman–Crippen MR) is 82.7 cm³/mol. The lowest BCUT2D eigenvalue weighted by Crippen LogP contribution is -1.81. The topological polar surface area (TPSA) is 12.9 Å². The third-order valence-corrected chi connectivity index (χ3v) is 4.16. The van der Waals surface area contributed by atoms with Crippen molar-refractivity contribution in [3.63, 3.8) is 0 Å². The summed E-state index contributed by atoms with van der Waals surface area (Å²) in [5, 5.41) is 3.78. The van der Waals surface area contributed by atoms with Crippen LogP contribution in [0.15, 0.2) is 53.9 Å². The first-order chi connectivity index (χ1) is 9.24. The number of nitrogens with zero attached hydrogens (tertiary/aromatic N) is 1. The van der Waals surface area contributed by atoms with Crippen molar-refractivity contribution in [3.8, 4) is 21.8 Å². The van der Waals surface area contributed by atoms with Gasteiger partial charge in [-0.3, -0.25) is 0 Å². The fourth-order valence-electron chi connectivity index (χ4n) is 1.89. The summed E-state index contributed by atoms with van der Waals surface area (Å²) in [6.45, 7) is 2.08. The molecular formula is C16H12ClNS. The number of aryl methyl sites for hydroxylation is 1. The average Bonchev–Trinajstić information content (AvgIpc) is 2.89. The molecule has 0 aliphatic carbocycles. The number of hydrogen-bond acceptors (Lipinski definition) is 2. The van der Waals surface area contributed by atoms with Crippen LogP contribution in [0.5, 0.6) is 0 Å². The van der Waals surface area contributed by atoms with E-state index in [0.717, 1.165) is 26.9 Å². The maximum atomic E-state index is 6.20. The molecule has 0 amide bonds. The quantitative estimate of drug-likeness (QED) is 0.611. The number of hydrogen-bond donors (Lipinski definition) is 0. The smallest absolute Gasteiger partial charge is 0.125 e. The van der Waals surface area contributed by atoms with Gasteiger partial charge < -0.3 is 0 Å². The van der Waals surface area contributed by atoms with E-state index in [9.17, 15) is 0 Å². The lowest BCUT2D eigenvalue weighted by atomic mass is 10.1. The van der Waals surface area contributed by atoms with Gasteiger partial charge in [-0.05, 0) is 13.0 Å². The zero-order valence-corrected chi connectivity index (χ0v) is 12.0. The highest BCUT2D eigenvalue weighted by atomic mass is 35.5. The highest BCUT2D eigenvalue weighted by Gasteiger charge is 2.08. The number of halogens is 1. The van der Waals surface area contributed by atoms with Crippen molar-refractivity contribution in [2.75, 3.05) is 0 Å². The molecule has 3 aromatic rings. The first kappa shape index (κ1) is 12.4. The summed E-state index contributed by atoms with van der Waals surface area (Å²) in [5.74, 6) is 0. The molecule has 0 bridgehead atoms. The van der Waals surface area contributed by atoms with Crippen LogP contribution in [-0.4, -0.2) is 4.98 Å². The molecule has 94 valence electrons. The van der Waals surface area contributed by atoms with E-state index in [0.29, 0.717) is 0 Å². The van der Waals surface area contributed by atoms with Crippen LogP contribution in [0.4, 0.5) is 0 Å². The molecule has 0 unspecified atom stereocenters. The largest absolute Gasteiger partial charge is 0.236 e. The van der Waals surface area contributed by atoms with Gasteiger partial charge >= 0.3 is 0 Å². The lowest BCUT2D eigenvalue weighted by molar-refractivity contribution is 1.39. The van der Waals surface area contributed by atoms with Crippen LogP contribution in [0.25, 0.3) is 21.8 Å². The van der Waals surface area contributed by atoms with Crippen molar-refractivity contribution in [1.82, 2.24) is 4.98 Å². The number of rotatable bonds is 2. The summed E-state index contributed by atoms with van der Waals surface area (Å²) < 4.78 is 0. The highest BCUT2D eigenvalue weighted by molar-refractivity contribution is 7.13. The van der Waals surface area contributed by atoms with Crippen molar-refractivity contribution in [1.29, 1.82) is 0 Å². The molecule has 0 saturated carbocycles. The zero-order chi connectivity index (χ0) is 13.2. The predicted octanol–water partition coefficient (Wildman–Crippen LogP) is 5.44. The van der Waals surface area contributed by atoms with Crippen LogP contribution in [0.3, 0.4) is 0 Å². The summed E-state index contributed by atoms with van der Waals surface area (Å²) in [5.41, 5.74) is 4.39. The fraction of sp³-hybridized carbons (Fsp3) is 0.0625. The SMILES string of the molecule is Cc1ccc(-c2csc(-c3ccccc3Cl)n2)cc1. The molecule has 0 N–H and O–H groups in total. The van der Waals surface area contributed by atoms with Gasteiger partial charge in [0.05, 0.1) is 10.7 Å². The van der Waals surface area contributed by atoms with Gasteiger partial charge in [-0.15, -0.1) is 11.3 Å². The van der Waals surface area contributed by atoms with Gasteiger partial charge in [-0.25, -0.2) is 4.98 Å². The molecular weight excluding hydrogens is 274 g/mol. The molecule has 3 rings (SSSR count). The van der Waals surface area contributed by atoms with E-state index < -0.39 is 0 Å². The van der Waals surface area contributed by atoms with Gasteiger partial charge in [0.25, 0.3) is 0 Å². The van der Waals surface area contributed by atoms with Gasteiger partial charge in [0.15, 0.2) is 0 Å². The van der Waals surface area contributed by atoms with Crippen LogP contribution in [0.2, 0.25) is 5.02 Å².